The van der Waals surface area contributed by atoms with Gasteiger partial charge in [0, 0.05) is 5.02 Å². The van der Waals surface area contributed by atoms with Gasteiger partial charge in [-0.25, -0.2) is 15.3 Å². The number of benzene rings is 2. The van der Waals surface area contributed by atoms with E-state index in [2.05, 4.69) is 15.5 Å². The lowest BCUT2D eigenvalue weighted by molar-refractivity contribution is -0.139. The van der Waals surface area contributed by atoms with E-state index < -0.39 is 41.6 Å². The number of Topliss-reactive ketones (excluding diaryl/α,β-unsaturated/α-hetero) is 1. The number of carbonyl (C=O) groups is 4. The molecule has 1 N–H and O–H groups in total. The van der Waals surface area contributed by atoms with E-state index in [9.17, 15) is 19.2 Å². The van der Waals surface area contributed by atoms with Crippen molar-refractivity contribution < 1.29 is 19.2 Å². The Morgan fingerprint density at radius 2 is 1.94 bits per heavy atom. The van der Waals surface area contributed by atoms with Crippen LogP contribution in [0, 0.1) is 11.3 Å². The molecule has 3 aromatic rings. The summed E-state index contributed by atoms with van der Waals surface area (Å²) in [5.74, 6) is -5.35. The van der Waals surface area contributed by atoms with Gasteiger partial charge >= 0.3 is 5.91 Å². The molecule has 1 fully saturated rings. The minimum absolute atomic E-state index is 0.000188. The maximum absolute atomic E-state index is 13.4. The van der Waals surface area contributed by atoms with Crippen LogP contribution in [0.2, 0.25) is 10.0 Å². The van der Waals surface area contributed by atoms with Crippen LogP contribution in [0.3, 0.4) is 0 Å². The van der Waals surface area contributed by atoms with E-state index in [0.29, 0.717) is 10.4 Å². The minimum atomic E-state index is -1.45. The summed E-state index contributed by atoms with van der Waals surface area (Å²) in [7, 11) is 0. The van der Waals surface area contributed by atoms with Gasteiger partial charge in [0.25, 0.3) is 11.8 Å². The molecule has 0 spiro atoms. The molecule has 3 amide bonds. The molecule has 0 bridgehead atoms. The summed E-state index contributed by atoms with van der Waals surface area (Å²) < 4.78 is 0.730. The van der Waals surface area contributed by atoms with Crippen LogP contribution in [0.1, 0.15) is 17.3 Å². The molecule has 1 unspecified atom stereocenters. The highest BCUT2D eigenvalue weighted by Crippen LogP contribution is 2.36. The normalized spacial score (nSPS) is 17.5. The zero-order chi connectivity index (χ0) is 23.7. The van der Waals surface area contributed by atoms with Gasteiger partial charge in [0.15, 0.2) is 0 Å². The lowest BCUT2D eigenvalue weighted by atomic mass is 9.92. The van der Waals surface area contributed by atoms with Gasteiger partial charge in [-0.15, -0.1) is 11.3 Å². The van der Waals surface area contributed by atoms with Gasteiger partial charge in [0.05, 0.1) is 27.0 Å². The number of piperidine rings is 1. The summed E-state index contributed by atoms with van der Waals surface area (Å²) in [6.45, 7) is 0. The monoisotopic (exact) mass is 499 g/mol. The van der Waals surface area contributed by atoms with E-state index in [1.165, 1.54) is 18.2 Å². The smallest absolute Gasteiger partial charge is 0.287 e. The van der Waals surface area contributed by atoms with Crippen LogP contribution in [0.25, 0.3) is 10.2 Å². The highest BCUT2D eigenvalue weighted by atomic mass is 35.5. The average Bonchev–Trinajstić information content (AvgIpc) is 3.21. The van der Waals surface area contributed by atoms with Crippen molar-refractivity contribution in [2.75, 3.05) is 4.90 Å². The van der Waals surface area contributed by atoms with Crippen LogP contribution in [0.15, 0.2) is 47.6 Å². The Hall–Kier alpha value is -3.65. The van der Waals surface area contributed by atoms with Crippen LogP contribution in [-0.2, 0) is 19.2 Å². The van der Waals surface area contributed by atoms with E-state index in [0.717, 1.165) is 16.0 Å². The molecule has 1 atom stereocenters. The zero-order valence-electron chi connectivity index (χ0n) is 16.4. The van der Waals surface area contributed by atoms with Gasteiger partial charge in [-0.1, -0.05) is 35.3 Å². The largest absolute Gasteiger partial charge is 0.302 e. The number of thiazole rings is 1. The number of nitrogens with zero attached hydrogens (tertiary/aromatic N) is 4. The maximum atomic E-state index is 13.4. The second-order valence-electron chi connectivity index (χ2n) is 6.73. The predicted molar refractivity (Wildman–Crippen MR) is 122 cm³/mol. The number of aromatic nitrogens is 1. The molecule has 12 heteroatoms. The van der Waals surface area contributed by atoms with Crippen molar-refractivity contribution in [1.29, 1.82) is 5.26 Å². The van der Waals surface area contributed by atoms with Gasteiger partial charge in [-0.2, -0.15) is 10.4 Å². The number of halogens is 2. The van der Waals surface area contributed by atoms with Crippen LogP contribution >= 0.6 is 34.5 Å². The molecule has 2 heterocycles. The Labute approximate surface area is 200 Å². The number of hydrogen-bond donors (Lipinski definition) is 1. The SMILES string of the molecule is N#CCC(=O)NN=C1C(=O)N(c2cc(Cl)ccc2Cl)C(=O)C(=O)C1c1nc2ccccc2s1. The van der Waals surface area contributed by atoms with Crippen molar-refractivity contribution in [1.82, 2.24) is 10.4 Å². The fraction of sp³-hybridized carbons (Fsp3) is 0.0952. The molecule has 164 valence electrons. The Morgan fingerprint density at radius 1 is 1.18 bits per heavy atom. The highest BCUT2D eigenvalue weighted by molar-refractivity contribution is 7.19. The number of nitrogens with one attached hydrogen (secondary N) is 1. The second kappa shape index (κ2) is 9.07. The number of ketones is 1. The molecular weight excluding hydrogens is 489 g/mol. The van der Waals surface area contributed by atoms with Crippen molar-refractivity contribution in [2.24, 2.45) is 5.10 Å². The molecule has 1 aromatic heterocycles. The molecule has 1 aliphatic heterocycles. The quantitative estimate of drug-likeness (QED) is 0.332. The number of nitriles is 1. The molecule has 33 heavy (non-hydrogen) atoms. The van der Waals surface area contributed by atoms with Crippen LogP contribution in [-0.4, -0.2) is 34.2 Å². The van der Waals surface area contributed by atoms with Gasteiger partial charge in [-0.3, -0.25) is 19.2 Å². The number of para-hydroxylation sites is 1. The first-order valence-electron chi connectivity index (χ1n) is 9.28. The van der Waals surface area contributed by atoms with Crippen molar-refractivity contribution in [3.8, 4) is 6.07 Å². The van der Waals surface area contributed by atoms with Crippen LogP contribution in [0.5, 0.6) is 0 Å². The summed E-state index contributed by atoms with van der Waals surface area (Å²) in [6.07, 6.45) is -0.520. The fourth-order valence-electron chi connectivity index (χ4n) is 3.15. The highest BCUT2D eigenvalue weighted by Gasteiger charge is 2.49. The first-order valence-corrected chi connectivity index (χ1v) is 10.9. The Balaban J connectivity index is 1.85. The van der Waals surface area contributed by atoms with Gasteiger partial charge in [0.2, 0.25) is 5.78 Å². The van der Waals surface area contributed by atoms with E-state index in [-0.39, 0.29) is 20.7 Å². The number of rotatable bonds is 4. The molecule has 0 radical (unpaired) electrons. The summed E-state index contributed by atoms with van der Waals surface area (Å²) in [5, 5.41) is 12.8. The predicted octanol–water partition coefficient (Wildman–Crippen LogP) is 3.22. The number of imide groups is 1. The first kappa shape index (κ1) is 22.5. The average molecular weight is 500 g/mol. The van der Waals surface area contributed by atoms with E-state index >= 15 is 0 Å². The molecule has 4 rings (SSSR count). The third-order valence-electron chi connectivity index (χ3n) is 4.62. The number of fused-ring (bicyclic) bond motifs is 1. The van der Waals surface area contributed by atoms with Crippen molar-refractivity contribution in [2.45, 2.75) is 12.3 Å². The van der Waals surface area contributed by atoms with E-state index in [1.54, 1.807) is 30.3 Å². The summed E-state index contributed by atoms with van der Waals surface area (Å²) >= 11 is 13.3. The number of amides is 3. The molecular formula is C21H11Cl2N5O4S. The fourth-order valence-corrected chi connectivity index (χ4v) is 4.59. The summed E-state index contributed by atoms with van der Waals surface area (Å²) in [5.41, 5.74) is 2.10. The van der Waals surface area contributed by atoms with E-state index in [4.69, 9.17) is 28.5 Å². The molecule has 2 aromatic carbocycles. The van der Waals surface area contributed by atoms with Crippen molar-refractivity contribution in [3.05, 3.63) is 57.5 Å². The Kier molecular flexibility index (Phi) is 6.20. The molecule has 9 nitrogen and oxygen atoms in total. The topological polar surface area (TPSA) is 133 Å². The van der Waals surface area contributed by atoms with Gasteiger partial charge in [0.1, 0.15) is 23.1 Å². The van der Waals surface area contributed by atoms with Crippen LogP contribution < -0.4 is 10.3 Å². The number of hydrogen-bond acceptors (Lipinski definition) is 8. The van der Waals surface area contributed by atoms with E-state index in [1.807, 2.05) is 0 Å². The zero-order valence-corrected chi connectivity index (χ0v) is 18.7. The second-order valence-corrected chi connectivity index (χ2v) is 8.63. The number of hydrazone groups is 1. The van der Waals surface area contributed by atoms with Gasteiger partial charge in [-0.05, 0) is 30.3 Å². The molecule has 1 saturated heterocycles. The maximum Gasteiger partial charge on any atom is 0.302 e. The van der Waals surface area contributed by atoms with Crippen LogP contribution in [0.4, 0.5) is 5.69 Å². The van der Waals surface area contributed by atoms with Crippen molar-refractivity contribution in [3.63, 3.8) is 0 Å². The third kappa shape index (κ3) is 4.21. The Bertz CT molecular complexity index is 1380. The molecule has 1 aliphatic rings. The summed E-state index contributed by atoms with van der Waals surface area (Å²) in [4.78, 5) is 56.4. The first-order chi connectivity index (χ1) is 15.8. The lowest BCUT2D eigenvalue weighted by Crippen LogP contribution is -2.55. The van der Waals surface area contributed by atoms with Gasteiger partial charge < -0.3 is 0 Å². The Morgan fingerprint density at radius 3 is 2.67 bits per heavy atom. The minimum Gasteiger partial charge on any atom is -0.287 e. The standard InChI is InChI=1S/C21H11Cl2N5O4S/c22-10-5-6-11(23)13(9-10)28-20(31)17(27-26-15(29)7-8-24)16(18(30)21(28)32)19-25-12-3-1-2-4-14(12)33-19/h1-6,9,16H,7H2,(H,26,29). The number of anilines is 1. The number of carbonyl (C=O) groups excluding carboxylic acids is 4. The summed E-state index contributed by atoms with van der Waals surface area (Å²) in [6, 6.07) is 12.8. The third-order valence-corrected chi connectivity index (χ3v) is 6.27. The molecule has 0 aliphatic carbocycles. The lowest BCUT2D eigenvalue weighted by Gasteiger charge is -2.29. The van der Waals surface area contributed by atoms with Crippen molar-refractivity contribution >= 4 is 79.7 Å². The molecule has 0 saturated carbocycles.